The summed E-state index contributed by atoms with van der Waals surface area (Å²) in [6.45, 7) is 0. The number of primary amides is 1. The van der Waals surface area contributed by atoms with Crippen LogP contribution in [0.25, 0.3) is 33.2 Å². The fourth-order valence-corrected chi connectivity index (χ4v) is 2.86. The molecule has 128 valence electrons. The third kappa shape index (κ3) is 2.69. The normalized spacial score (nSPS) is 11.0. The fourth-order valence-electron chi connectivity index (χ4n) is 2.86. The Balaban J connectivity index is 1.87. The molecule has 0 bridgehead atoms. The third-order valence-corrected chi connectivity index (χ3v) is 4.15. The van der Waals surface area contributed by atoms with Gasteiger partial charge in [0.25, 0.3) is 5.91 Å². The maximum atomic E-state index is 14.8. The predicted molar refractivity (Wildman–Crippen MR) is 95.7 cm³/mol. The van der Waals surface area contributed by atoms with Gasteiger partial charge in [0.15, 0.2) is 0 Å². The van der Waals surface area contributed by atoms with Gasteiger partial charge in [-0.1, -0.05) is 12.1 Å². The van der Waals surface area contributed by atoms with Crippen LogP contribution in [-0.2, 0) is 7.05 Å². The molecule has 0 aliphatic heterocycles. The van der Waals surface area contributed by atoms with E-state index in [0.717, 1.165) is 11.1 Å². The summed E-state index contributed by atoms with van der Waals surface area (Å²) in [5, 5.41) is 4.80. The van der Waals surface area contributed by atoms with Crippen LogP contribution in [0.2, 0.25) is 0 Å². The summed E-state index contributed by atoms with van der Waals surface area (Å²) < 4.78 is 16.5. The first-order valence-corrected chi connectivity index (χ1v) is 7.86. The number of hydrogen-bond acceptors (Lipinski definition) is 4. The molecule has 0 aliphatic carbocycles. The second-order valence-corrected chi connectivity index (χ2v) is 5.92. The number of rotatable bonds is 3. The van der Waals surface area contributed by atoms with E-state index in [4.69, 9.17) is 5.73 Å². The standard InChI is InChI=1S/C19H14FN5O/c1-25-10-13(8-23-25)11-2-4-14(16(20)6-11)15-9-22-7-12-3-5-17(19(21)26)24-18(12)15/h2-10H,1H3,(H2,21,26). The summed E-state index contributed by atoms with van der Waals surface area (Å²) in [6.07, 6.45) is 6.63. The molecule has 1 aromatic carbocycles. The lowest BCUT2D eigenvalue weighted by atomic mass is 10.0. The van der Waals surface area contributed by atoms with Crippen LogP contribution >= 0.6 is 0 Å². The highest BCUT2D eigenvalue weighted by molar-refractivity contribution is 5.98. The number of hydrogen-bond donors (Lipinski definition) is 1. The number of carbonyl (C=O) groups is 1. The first-order chi connectivity index (χ1) is 12.5. The van der Waals surface area contributed by atoms with Gasteiger partial charge in [-0.05, 0) is 23.8 Å². The van der Waals surface area contributed by atoms with Gasteiger partial charge in [-0.15, -0.1) is 0 Å². The van der Waals surface area contributed by atoms with Gasteiger partial charge in [0.1, 0.15) is 11.5 Å². The Morgan fingerprint density at radius 2 is 1.92 bits per heavy atom. The highest BCUT2D eigenvalue weighted by atomic mass is 19.1. The molecule has 0 atom stereocenters. The Morgan fingerprint density at radius 3 is 2.62 bits per heavy atom. The zero-order valence-corrected chi connectivity index (χ0v) is 13.8. The molecule has 0 fully saturated rings. The zero-order valence-electron chi connectivity index (χ0n) is 13.8. The van der Waals surface area contributed by atoms with Crippen LogP contribution in [0.15, 0.2) is 55.1 Å². The van der Waals surface area contributed by atoms with Gasteiger partial charge in [0.05, 0.1) is 11.7 Å². The molecule has 0 radical (unpaired) electrons. The number of amides is 1. The van der Waals surface area contributed by atoms with Gasteiger partial charge in [0.2, 0.25) is 0 Å². The molecular formula is C19H14FN5O. The number of aryl methyl sites for hydroxylation is 1. The zero-order chi connectivity index (χ0) is 18.3. The third-order valence-electron chi connectivity index (χ3n) is 4.15. The first kappa shape index (κ1) is 15.9. The molecule has 3 heterocycles. The van der Waals surface area contributed by atoms with Crippen molar-refractivity contribution in [1.82, 2.24) is 19.7 Å². The van der Waals surface area contributed by atoms with Gasteiger partial charge in [-0.3, -0.25) is 14.5 Å². The SMILES string of the molecule is Cn1cc(-c2ccc(-c3cncc4ccc(C(N)=O)nc34)c(F)c2)cn1. The molecule has 4 aromatic rings. The number of aromatic nitrogens is 4. The Labute approximate surface area is 148 Å². The van der Waals surface area contributed by atoms with Crippen LogP contribution in [0.5, 0.6) is 0 Å². The van der Waals surface area contributed by atoms with Gasteiger partial charge in [-0.25, -0.2) is 9.37 Å². The smallest absolute Gasteiger partial charge is 0.267 e. The molecule has 3 aromatic heterocycles. The monoisotopic (exact) mass is 347 g/mol. The number of fused-ring (bicyclic) bond motifs is 1. The van der Waals surface area contributed by atoms with E-state index in [0.29, 0.717) is 22.0 Å². The van der Waals surface area contributed by atoms with E-state index >= 15 is 0 Å². The van der Waals surface area contributed by atoms with E-state index < -0.39 is 11.7 Å². The number of halogens is 1. The maximum Gasteiger partial charge on any atom is 0.267 e. The largest absolute Gasteiger partial charge is 0.364 e. The van der Waals surface area contributed by atoms with E-state index in [2.05, 4.69) is 15.1 Å². The minimum Gasteiger partial charge on any atom is -0.364 e. The summed E-state index contributed by atoms with van der Waals surface area (Å²) in [5.41, 5.74) is 8.30. The van der Waals surface area contributed by atoms with E-state index in [-0.39, 0.29) is 5.69 Å². The summed E-state index contributed by atoms with van der Waals surface area (Å²) >= 11 is 0. The molecular weight excluding hydrogens is 333 g/mol. The lowest BCUT2D eigenvalue weighted by Gasteiger charge is -2.09. The Bertz CT molecular complexity index is 1150. The van der Waals surface area contributed by atoms with Gasteiger partial charge >= 0.3 is 0 Å². The van der Waals surface area contributed by atoms with Gasteiger partial charge in [-0.2, -0.15) is 5.10 Å². The Hall–Kier alpha value is -3.61. The summed E-state index contributed by atoms with van der Waals surface area (Å²) in [4.78, 5) is 19.9. The molecule has 0 aliphatic rings. The Morgan fingerprint density at radius 1 is 1.08 bits per heavy atom. The van der Waals surface area contributed by atoms with Gasteiger partial charge in [0, 0.05) is 47.7 Å². The molecule has 0 spiro atoms. The van der Waals surface area contributed by atoms with Crippen molar-refractivity contribution in [1.29, 1.82) is 0 Å². The topological polar surface area (TPSA) is 86.7 Å². The van der Waals surface area contributed by atoms with Crippen molar-refractivity contribution in [2.75, 3.05) is 0 Å². The van der Waals surface area contributed by atoms with Crippen LogP contribution in [0.1, 0.15) is 10.5 Å². The van der Waals surface area contributed by atoms with Crippen LogP contribution in [0.3, 0.4) is 0 Å². The van der Waals surface area contributed by atoms with Crippen molar-refractivity contribution in [2.24, 2.45) is 12.8 Å². The molecule has 0 unspecified atom stereocenters. The average molecular weight is 347 g/mol. The Kier molecular flexibility index (Phi) is 3.69. The maximum absolute atomic E-state index is 14.8. The number of benzene rings is 1. The molecule has 1 amide bonds. The molecule has 6 nitrogen and oxygen atoms in total. The molecule has 4 rings (SSSR count). The fraction of sp³-hybridized carbons (Fsp3) is 0.0526. The quantitative estimate of drug-likeness (QED) is 0.617. The molecule has 7 heteroatoms. The van der Waals surface area contributed by atoms with Crippen LogP contribution in [0.4, 0.5) is 4.39 Å². The summed E-state index contributed by atoms with van der Waals surface area (Å²) in [6, 6.07) is 8.15. The molecule has 0 saturated heterocycles. The average Bonchev–Trinajstić information content (AvgIpc) is 3.07. The molecule has 0 saturated carbocycles. The van der Waals surface area contributed by atoms with E-state index in [1.807, 2.05) is 12.3 Å². The molecule has 26 heavy (non-hydrogen) atoms. The second-order valence-electron chi connectivity index (χ2n) is 5.92. The second kappa shape index (κ2) is 6.03. The summed E-state index contributed by atoms with van der Waals surface area (Å²) in [5.74, 6) is -1.05. The van der Waals surface area contributed by atoms with Crippen molar-refractivity contribution in [3.63, 3.8) is 0 Å². The highest BCUT2D eigenvalue weighted by Gasteiger charge is 2.14. The van der Waals surface area contributed by atoms with Crippen molar-refractivity contribution in [3.8, 4) is 22.3 Å². The number of pyridine rings is 2. The predicted octanol–water partition coefficient (Wildman–Crippen LogP) is 2.94. The lowest BCUT2D eigenvalue weighted by Crippen LogP contribution is -2.12. The lowest BCUT2D eigenvalue weighted by molar-refractivity contribution is 0.0996. The van der Waals surface area contributed by atoms with E-state index in [1.165, 1.54) is 18.3 Å². The minimum absolute atomic E-state index is 0.123. The van der Waals surface area contributed by atoms with Crippen molar-refractivity contribution < 1.29 is 9.18 Å². The van der Waals surface area contributed by atoms with Crippen LogP contribution in [0, 0.1) is 5.82 Å². The minimum atomic E-state index is -0.637. The van der Waals surface area contributed by atoms with E-state index in [9.17, 15) is 9.18 Å². The van der Waals surface area contributed by atoms with Crippen molar-refractivity contribution in [2.45, 2.75) is 0 Å². The molecule has 2 N–H and O–H groups in total. The van der Waals surface area contributed by atoms with E-state index in [1.54, 1.807) is 36.3 Å². The first-order valence-electron chi connectivity index (χ1n) is 7.86. The number of nitrogens with zero attached hydrogens (tertiary/aromatic N) is 4. The van der Waals surface area contributed by atoms with Crippen molar-refractivity contribution in [3.05, 3.63) is 66.6 Å². The number of carbonyl (C=O) groups excluding carboxylic acids is 1. The van der Waals surface area contributed by atoms with Gasteiger partial charge < -0.3 is 5.73 Å². The van der Waals surface area contributed by atoms with Crippen LogP contribution < -0.4 is 5.73 Å². The van der Waals surface area contributed by atoms with Crippen molar-refractivity contribution >= 4 is 16.8 Å². The summed E-state index contributed by atoms with van der Waals surface area (Å²) in [7, 11) is 1.80. The highest BCUT2D eigenvalue weighted by Crippen LogP contribution is 2.31. The van der Waals surface area contributed by atoms with Crippen LogP contribution in [-0.4, -0.2) is 25.7 Å². The number of nitrogens with two attached hydrogens (primary N) is 1.